The van der Waals surface area contributed by atoms with Gasteiger partial charge in [-0.05, 0) is 43.2 Å². The first-order chi connectivity index (χ1) is 11.2. The molecule has 2 fully saturated rings. The standard InChI is InChI=1S/C20H29NOS/c1-16-7-5-6-10-18(16)19-11-12-21(13-14-23-19)20(22)15-17-8-3-2-4-9-17/h5-7,10,17,19H,2-4,8-9,11-15H2,1H3. The number of nitrogens with zero attached hydrogens (tertiary/aromatic N) is 1. The van der Waals surface area contributed by atoms with Gasteiger partial charge in [-0.3, -0.25) is 4.79 Å². The van der Waals surface area contributed by atoms with Crippen molar-refractivity contribution >= 4 is 17.7 Å². The van der Waals surface area contributed by atoms with Crippen molar-refractivity contribution in [3.8, 4) is 0 Å². The maximum atomic E-state index is 12.6. The van der Waals surface area contributed by atoms with Crippen LogP contribution in [0.4, 0.5) is 0 Å². The van der Waals surface area contributed by atoms with Crippen molar-refractivity contribution in [2.45, 2.75) is 57.1 Å². The van der Waals surface area contributed by atoms with Crippen molar-refractivity contribution in [1.29, 1.82) is 0 Å². The lowest BCUT2D eigenvalue weighted by Gasteiger charge is -2.26. The van der Waals surface area contributed by atoms with Gasteiger partial charge in [-0.15, -0.1) is 0 Å². The van der Waals surface area contributed by atoms with Gasteiger partial charge in [-0.1, -0.05) is 43.5 Å². The molecule has 1 aliphatic heterocycles. The SMILES string of the molecule is Cc1ccccc1C1CCN(C(=O)CC2CCCCC2)CCS1. The van der Waals surface area contributed by atoms with E-state index >= 15 is 0 Å². The highest BCUT2D eigenvalue weighted by atomic mass is 32.2. The summed E-state index contributed by atoms with van der Waals surface area (Å²) in [4.78, 5) is 14.8. The second-order valence-corrected chi connectivity index (χ2v) is 8.40. The normalized spacial score (nSPS) is 23.5. The summed E-state index contributed by atoms with van der Waals surface area (Å²) in [6, 6.07) is 8.71. The molecule has 1 saturated heterocycles. The Hall–Kier alpha value is -0.960. The number of hydrogen-bond acceptors (Lipinski definition) is 2. The molecule has 1 heterocycles. The van der Waals surface area contributed by atoms with E-state index in [0.717, 1.165) is 31.7 Å². The number of thioether (sulfide) groups is 1. The summed E-state index contributed by atoms with van der Waals surface area (Å²) >= 11 is 2.02. The van der Waals surface area contributed by atoms with Gasteiger partial charge in [0.25, 0.3) is 0 Å². The minimum Gasteiger partial charge on any atom is -0.342 e. The molecule has 1 saturated carbocycles. The van der Waals surface area contributed by atoms with E-state index in [0.29, 0.717) is 17.1 Å². The Labute approximate surface area is 145 Å². The molecule has 0 aromatic heterocycles. The van der Waals surface area contributed by atoms with E-state index in [1.807, 2.05) is 11.8 Å². The third-order valence-electron chi connectivity index (χ3n) is 5.42. The molecular weight excluding hydrogens is 302 g/mol. The molecular formula is C20H29NOS. The monoisotopic (exact) mass is 331 g/mol. The fourth-order valence-electron chi connectivity index (χ4n) is 3.98. The van der Waals surface area contributed by atoms with Crippen LogP contribution in [0.2, 0.25) is 0 Å². The summed E-state index contributed by atoms with van der Waals surface area (Å²) in [5.41, 5.74) is 2.84. The molecule has 0 radical (unpaired) electrons. The van der Waals surface area contributed by atoms with Crippen LogP contribution < -0.4 is 0 Å². The molecule has 1 aromatic carbocycles. The minimum atomic E-state index is 0.405. The van der Waals surface area contributed by atoms with Gasteiger partial charge >= 0.3 is 0 Å². The van der Waals surface area contributed by atoms with E-state index in [1.165, 1.54) is 43.2 Å². The molecule has 23 heavy (non-hydrogen) atoms. The van der Waals surface area contributed by atoms with E-state index in [1.54, 1.807) is 0 Å². The van der Waals surface area contributed by atoms with E-state index in [2.05, 4.69) is 36.1 Å². The Balaban J connectivity index is 1.55. The third kappa shape index (κ3) is 4.53. The zero-order valence-electron chi connectivity index (χ0n) is 14.3. The van der Waals surface area contributed by atoms with Crippen molar-refractivity contribution in [1.82, 2.24) is 4.90 Å². The highest BCUT2D eigenvalue weighted by Gasteiger charge is 2.25. The highest BCUT2D eigenvalue weighted by Crippen LogP contribution is 2.36. The van der Waals surface area contributed by atoms with Crippen LogP contribution in [0.5, 0.6) is 0 Å². The van der Waals surface area contributed by atoms with Crippen LogP contribution in [0, 0.1) is 12.8 Å². The average Bonchev–Trinajstić information content (AvgIpc) is 2.82. The molecule has 3 heteroatoms. The number of hydrogen-bond donors (Lipinski definition) is 0. The van der Waals surface area contributed by atoms with Gasteiger partial charge in [0.1, 0.15) is 0 Å². The van der Waals surface area contributed by atoms with E-state index in [9.17, 15) is 4.79 Å². The van der Waals surface area contributed by atoms with Gasteiger partial charge < -0.3 is 4.90 Å². The molecule has 2 aliphatic rings. The number of carbonyl (C=O) groups excluding carboxylic acids is 1. The summed E-state index contributed by atoms with van der Waals surface area (Å²) in [6.45, 7) is 4.06. The Morgan fingerprint density at radius 2 is 1.91 bits per heavy atom. The van der Waals surface area contributed by atoms with Gasteiger partial charge in [0.15, 0.2) is 0 Å². The molecule has 0 spiro atoms. The van der Waals surface area contributed by atoms with Crippen LogP contribution in [0.25, 0.3) is 0 Å². The molecule has 1 unspecified atom stereocenters. The summed E-state index contributed by atoms with van der Waals surface area (Å²) < 4.78 is 0. The second kappa shape index (κ2) is 8.23. The molecule has 126 valence electrons. The van der Waals surface area contributed by atoms with Crippen LogP contribution in [0.3, 0.4) is 0 Å². The average molecular weight is 332 g/mol. The van der Waals surface area contributed by atoms with Crippen LogP contribution in [0.1, 0.15) is 61.3 Å². The first-order valence-electron chi connectivity index (χ1n) is 9.19. The molecule has 2 nitrogen and oxygen atoms in total. The molecule has 1 amide bonds. The van der Waals surface area contributed by atoms with Crippen molar-refractivity contribution in [3.63, 3.8) is 0 Å². The zero-order chi connectivity index (χ0) is 16.1. The number of rotatable bonds is 3. The van der Waals surface area contributed by atoms with Gasteiger partial charge in [-0.25, -0.2) is 0 Å². The lowest BCUT2D eigenvalue weighted by atomic mass is 9.86. The first-order valence-corrected chi connectivity index (χ1v) is 10.2. The summed E-state index contributed by atoms with van der Waals surface area (Å²) in [7, 11) is 0. The molecule has 1 aliphatic carbocycles. The molecule has 1 aromatic rings. The number of amides is 1. The fraction of sp³-hybridized carbons (Fsp3) is 0.650. The Kier molecular flexibility index (Phi) is 6.04. The van der Waals surface area contributed by atoms with Crippen molar-refractivity contribution in [3.05, 3.63) is 35.4 Å². The van der Waals surface area contributed by atoms with Crippen LogP contribution in [-0.4, -0.2) is 29.6 Å². The van der Waals surface area contributed by atoms with Gasteiger partial charge in [0, 0.05) is 30.5 Å². The van der Waals surface area contributed by atoms with E-state index < -0.39 is 0 Å². The first kappa shape index (κ1) is 16.9. The Bertz CT molecular complexity index is 524. The minimum absolute atomic E-state index is 0.405. The summed E-state index contributed by atoms with van der Waals surface area (Å²) in [5.74, 6) is 2.12. The Morgan fingerprint density at radius 3 is 2.70 bits per heavy atom. The topological polar surface area (TPSA) is 20.3 Å². The van der Waals surface area contributed by atoms with Crippen LogP contribution in [0.15, 0.2) is 24.3 Å². The van der Waals surface area contributed by atoms with E-state index in [-0.39, 0.29) is 0 Å². The van der Waals surface area contributed by atoms with Crippen molar-refractivity contribution in [2.24, 2.45) is 5.92 Å². The maximum absolute atomic E-state index is 12.6. The number of carbonyl (C=O) groups is 1. The molecule has 0 N–H and O–H groups in total. The van der Waals surface area contributed by atoms with Crippen molar-refractivity contribution < 1.29 is 4.79 Å². The molecule has 1 atom stereocenters. The lowest BCUT2D eigenvalue weighted by Crippen LogP contribution is -2.34. The van der Waals surface area contributed by atoms with Gasteiger partial charge in [0.05, 0.1) is 0 Å². The van der Waals surface area contributed by atoms with Gasteiger partial charge in [0.2, 0.25) is 5.91 Å². The lowest BCUT2D eigenvalue weighted by molar-refractivity contribution is -0.132. The second-order valence-electron chi connectivity index (χ2n) is 7.09. The number of aryl methyl sites for hydroxylation is 1. The quantitative estimate of drug-likeness (QED) is 0.779. The smallest absolute Gasteiger partial charge is 0.222 e. The number of benzene rings is 1. The van der Waals surface area contributed by atoms with E-state index in [4.69, 9.17) is 0 Å². The Morgan fingerprint density at radius 1 is 1.13 bits per heavy atom. The predicted octanol–water partition coefficient (Wildman–Crippen LogP) is 4.97. The van der Waals surface area contributed by atoms with Crippen LogP contribution in [-0.2, 0) is 4.79 Å². The maximum Gasteiger partial charge on any atom is 0.222 e. The molecule has 0 bridgehead atoms. The molecule has 3 rings (SSSR count). The third-order valence-corrected chi connectivity index (χ3v) is 6.73. The van der Waals surface area contributed by atoms with Gasteiger partial charge in [-0.2, -0.15) is 11.8 Å². The fourth-order valence-corrected chi connectivity index (χ4v) is 5.31. The summed E-state index contributed by atoms with van der Waals surface area (Å²) in [5, 5.41) is 0.545. The zero-order valence-corrected chi connectivity index (χ0v) is 15.1. The highest BCUT2D eigenvalue weighted by molar-refractivity contribution is 7.99. The predicted molar refractivity (Wildman–Crippen MR) is 98.8 cm³/mol. The van der Waals surface area contributed by atoms with Crippen molar-refractivity contribution in [2.75, 3.05) is 18.8 Å². The largest absolute Gasteiger partial charge is 0.342 e. The van der Waals surface area contributed by atoms with Crippen LogP contribution >= 0.6 is 11.8 Å². The summed E-state index contributed by atoms with van der Waals surface area (Å²) in [6.07, 6.45) is 8.42.